The maximum absolute atomic E-state index is 13.0. The van der Waals surface area contributed by atoms with Crippen LogP contribution < -0.4 is 0 Å². The molecule has 0 radical (unpaired) electrons. The largest absolute Gasteiger partial charge is 0.384 e. The standard InChI is InChI=1S/C20H38O2/c1-16(2)11-8-6-7-9-14-19(21)20(15-22-5)17(3)12-10-13-18(20)4/h16-18H,6-15H2,1-5H3. The number of ether oxygens (including phenoxy) is 1. The van der Waals surface area contributed by atoms with E-state index in [2.05, 4.69) is 27.7 Å². The average molecular weight is 311 g/mol. The highest BCUT2D eigenvalue weighted by Crippen LogP contribution is 2.47. The van der Waals surface area contributed by atoms with Crippen LogP contribution in [0.4, 0.5) is 0 Å². The van der Waals surface area contributed by atoms with Crippen LogP contribution in [0.5, 0.6) is 0 Å². The maximum atomic E-state index is 13.0. The fraction of sp³-hybridized carbons (Fsp3) is 0.950. The number of ketones is 1. The number of carbonyl (C=O) groups is 1. The van der Waals surface area contributed by atoms with E-state index in [1.165, 1.54) is 44.9 Å². The Morgan fingerprint density at radius 1 is 1.09 bits per heavy atom. The molecule has 130 valence electrons. The van der Waals surface area contributed by atoms with Crippen LogP contribution in [0.3, 0.4) is 0 Å². The summed E-state index contributed by atoms with van der Waals surface area (Å²) in [5.74, 6) is 2.20. The van der Waals surface area contributed by atoms with Crippen LogP contribution in [0.1, 0.15) is 85.5 Å². The molecule has 0 aromatic heterocycles. The summed E-state index contributed by atoms with van der Waals surface area (Å²) in [6, 6.07) is 0. The van der Waals surface area contributed by atoms with E-state index in [0.29, 0.717) is 24.2 Å². The van der Waals surface area contributed by atoms with Crippen molar-refractivity contribution in [3.05, 3.63) is 0 Å². The molecule has 0 N–H and O–H groups in total. The quantitative estimate of drug-likeness (QED) is 0.488. The molecule has 0 aromatic rings. The summed E-state index contributed by atoms with van der Waals surface area (Å²) in [7, 11) is 1.75. The topological polar surface area (TPSA) is 26.3 Å². The van der Waals surface area contributed by atoms with Gasteiger partial charge in [0.1, 0.15) is 5.78 Å². The summed E-state index contributed by atoms with van der Waals surface area (Å²) in [5, 5.41) is 0. The predicted molar refractivity (Wildman–Crippen MR) is 94.0 cm³/mol. The van der Waals surface area contributed by atoms with Gasteiger partial charge in [-0.1, -0.05) is 59.8 Å². The van der Waals surface area contributed by atoms with Crippen molar-refractivity contribution in [3.8, 4) is 0 Å². The van der Waals surface area contributed by atoms with Gasteiger partial charge < -0.3 is 4.74 Å². The highest BCUT2D eigenvalue weighted by atomic mass is 16.5. The van der Waals surface area contributed by atoms with Crippen molar-refractivity contribution in [2.24, 2.45) is 23.2 Å². The van der Waals surface area contributed by atoms with Gasteiger partial charge in [0, 0.05) is 13.5 Å². The summed E-state index contributed by atoms with van der Waals surface area (Å²) in [4.78, 5) is 13.0. The van der Waals surface area contributed by atoms with Crippen LogP contribution in [0.2, 0.25) is 0 Å². The van der Waals surface area contributed by atoms with Crippen LogP contribution in [0.15, 0.2) is 0 Å². The zero-order valence-corrected chi connectivity index (χ0v) is 15.6. The molecular formula is C20H38O2. The molecule has 0 heterocycles. The van der Waals surface area contributed by atoms with E-state index >= 15 is 0 Å². The molecule has 0 aromatic carbocycles. The summed E-state index contributed by atoms with van der Waals surface area (Å²) in [6.07, 6.45) is 10.5. The molecule has 2 nitrogen and oxygen atoms in total. The van der Waals surface area contributed by atoms with Gasteiger partial charge in [0.25, 0.3) is 0 Å². The first-order chi connectivity index (χ1) is 10.4. The van der Waals surface area contributed by atoms with Crippen LogP contribution in [0, 0.1) is 23.2 Å². The van der Waals surface area contributed by atoms with E-state index < -0.39 is 0 Å². The third-order valence-corrected chi connectivity index (χ3v) is 5.87. The van der Waals surface area contributed by atoms with E-state index in [1.54, 1.807) is 7.11 Å². The Kier molecular flexibility index (Phi) is 8.67. The fourth-order valence-electron chi connectivity index (χ4n) is 4.31. The third-order valence-electron chi connectivity index (χ3n) is 5.87. The lowest BCUT2D eigenvalue weighted by Gasteiger charge is -2.46. The predicted octanol–water partition coefficient (Wildman–Crippen LogP) is 5.64. The zero-order chi connectivity index (χ0) is 16.6. The molecule has 2 heteroatoms. The lowest BCUT2D eigenvalue weighted by atomic mass is 9.58. The Morgan fingerprint density at radius 2 is 1.68 bits per heavy atom. The molecule has 2 atom stereocenters. The molecule has 0 amide bonds. The summed E-state index contributed by atoms with van der Waals surface area (Å²) < 4.78 is 5.50. The number of hydrogen-bond donors (Lipinski definition) is 0. The Labute approximate surface area is 138 Å². The maximum Gasteiger partial charge on any atom is 0.141 e. The van der Waals surface area contributed by atoms with Crippen LogP contribution in [-0.2, 0) is 9.53 Å². The first-order valence-electron chi connectivity index (χ1n) is 9.47. The number of rotatable bonds is 10. The second-order valence-corrected chi connectivity index (χ2v) is 7.98. The van der Waals surface area contributed by atoms with Gasteiger partial charge in [0.15, 0.2) is 0 Å². The minimum atomic E-state index is -0.217. The zero-order valence-electron chi connectivity index (χ0n) is 15.6. The molecule has 0 bridgehead atoms. The second-order valence-electron chi connectivity index (χ2n) is 7.98. The van der Waals surface area contributed by atoms with Gasteiger partial charge in [0.2, 0.25) is 0 Å². The van der Waals surface area contributed by atoms with Crippen LogP contribution in [-0.4, -0.2) is 19.5 Å². The summed E-state index contributed by atoms with van der Waals surface area (Å²) in [6.45, 7) is 9.69. The van der Waals surface area contributed by atoms with Crippen molar-refractivity contribution in [1.29, 1.82) is 0 Å². The molecule has 1 saturated carbocycles. The smallest absolute Gasteiger partial charge is 0.141 e. The lowest BCUT2D eigenvalue weighted by Crippen LogP contribution is -2.49. The van der Waals surface area contributed by atoms with Crippen molar-refractivity contribution in [2.75, 3.05) is 13.7 Å². The summed E-state index contributed by atoms with van der Waals surface area (Å²) >= 11 is 0. The molecule has 22 heavy (non-hydrogen) atoms. The highest BCUT2D eigenvalue weighted by molar-refractivity contribution is 5.85. The van der Waals surface area contributed by atoms with Crippen LogP contribution in [0.25, 0.3) is 0 Å². The molecule has 0 aliphatic heterocycles. The van der Waals surface area contributed by atoms with Crippen molar-refractivity contribution in [2.45, 2.75) is 85.5 Å². The van der Waals surface area contributed by atoms with Gasteiger partial charge in [-0.05, 0) is 37.0 Å². The van der Waals surface area contributed by atoms with Gasteiger partial charge in [-0.2, -0.15) is 0 Å². The second kappa shape index (κ2) is 9.70. The van der Waals surface area contributed by atoms with Crippen molar-refractivity contribution < 1.29 is 9.53 Å². The summed E-state index contributed by atoms with van der Waals surface area (Å²) in [5.41, 5.74) is -0.217. The number of unbranched alkanes of at least 4 members (excludes halogenated alkanes) is 3. The number of methoxy groups -OCH3 is 1. The highest BCUT2D eigenvalue weighted by Gasteiger charge is 2.48. The Morgan fingerprint density at radius 3 is 2.23 bits per heavy atom. The minimum absolute atomic E-state index is 0.217. The molecule has 0 spiro atoms. The van der Waals surface area contributed by atoms with Gasteiger partial charge in [0.05, 0.1) is 12.0 Å². The van der Waals surface area contributed by atoms with Crippen molar-refractivity contribution in [3.63, 3.8) is 0 Å². The van der Waals surface area contributed by atoms with E-state index in [0.717, 1.165) is 18.8 Å². The SMILES string of the molecule is COCC1(C(=O)CCCCCCC(C)C)C(C)CCCC1C. The van der Waals surface area contributed by atoms with E-state index in [9.17, 15) is 4.79 Å². The third kappa shape index (κ3) is 5.08. The number of Topliss-reactive ketones (excluding diaryl/α,β-unsaturated/α-hetero) is 1. The van der Waals surface area contributed by atoms with E-state index in [1.807, 2.05) is 0 Å². The van der Waals surface area contributed by atoms with Crippen molar-refractivity contribution >= 4 is 5.78 Å². The molecule has 1 fully saturated rings. The number of hydrogen-bond acceptors (Lipinski definition) is 2. The van der Waals surface area contributed by atoms with Gasteiger partial charge >= 0.3 is 0 Å². The Balaban J connectivity index is 2.48. The van der Waals surface area contributed by atoms with Gasteiger partial charge in [-0.3, -0.25) is 4.79 Å². The molecule has 1 aliphatic rings. The number of carbonyl (C=O) groups excluding carboxylic acids is 1. The molecule has 0 saturated heterocycles. The normalized spacial score (nSPS) is 29.0. The molecular weight excluding hydrogens is 272 g/mol. The van der Waals surface area contributed by atoms with Crippen LogP contribution >= 0.6 is 0 Å². The minimum Gasteiger partial charge on any atom is -0.384 e. The molecule has 1 rings (SSSR count). The first-order valence-corrected chi connectivity index (χ1v) is 9.47. The first kappa shape index (κ1) is 19.7. The lowest BCUT2D eigenvalue weighted by molar-refractivity contribution is -0.144. The Hall–Kier alpha value is -0.370. The van der Waals surface area contributed by atoms with Gasteiger partial charge in [-0.15, -0.1) is 0 Å². The van der Waals surface area contributed by atoms with E-state index in [-0.39, 0.29) is 5.41 Å². The Bertz CT molecular complexity index is 312. The van der Waals surface area contributed by atoms with E-state index in [4.69, 9.17) is 4.74 Å². The monoisotopic (exact) mass is 310 g/mol. The van der Waals surface area contributed by atoms with Crippen molar-refractivity contribution in [1.82, 2.24) is 0 Å². The molecule has 1 aliphatic carbocycles. The molecule has 2 unspecified atom stereocenters. The van der Waals surface area contributed by atoms with Gasteiger partial charge in [-0.25, -0.2) is 0 Å². The fourth-order valence-corrected chi connectivity index (χ4v) is 4.31. The average Bonchev–Trinajstić information content (AvgIpc) is 2.46.